The van der Waals surface area contributed by atoms with Crippen molar-refractivity contribution in [3.63, 3.8) is 0 Å². The number of nitrogens with zero attached hydrogens (tertiary/aromatic N) is 1. The zero-order valence-corrected chi connectivity index (χ0v) is 11.8. The molecule has 1 aromatic rings. The molecule has 0 fully saturated rings. The van der Waals surface area contributed by atoms with Crippen molar-refractivity contribution in [2.75, 3.05) is 26.0 Å². The Hall–Kier alpha value is -0.100. The normalized spacial score (nSPS) is 10.9. The number of hydrogen-bond donors (Lipinski definition) is 1. The summed E-state index contributed by atoms with van der Waals surface area (Å²) in [4.78, 5) is 5.92. The van der Waals surface area contributed by atoms with E-state index in [0.717, 1.165) is 31.2 Å². The third-order valence-electron chi connectivity index (χ3n) is 2.14. The van der Waals surface area contributed by atoms with Gasteiger partial charge in [-0.15, -0.1) is 11.3 Å². The SMILES string of the molecule is CCSCc1nc(C)c(CNCCOC)s1. The summed E-state index contributed by atoms with van der Waals surface area (Å²) in [5.74, 6) is 2.19. The van der Waals surface area contributed by atoms with Crippen LogP contribution in [-0.2, 0) is 17.0 Å². The first kappa shape index (κ1) is 14.0. The number of thiazole rings is 1. The Morgan fingerprint density at radius 1 is 1.50 bits per heavy atom. The number of aromatic nitrogens is 1. The van der Waals surface area contributed by atoms with E-state index in [4.69, 9.17) is 4.74 Å². The van der Waals surface area contributed by atoms with Crippen molar-refractivity contribution in [1.82, 2.24) is 10.3 Å². The highest BCUT2D eigenvalue weighted by Gasteiger charge is 2.06. The molecule has 0 aliphatic rings. The molecule has 1 N–H and O–H groups in total. The van der Waals surface area contributed by atoms with E-state index in [1.165, 1.54) is 15.6 Å². The van der Waals surface area contributed by atoms with Gasteiger partial charge in [-0.25, -0.2) is 4.98 Å². The molecule has 0 amide bonds. The molecule has 0 aromatic carbocycles. The van der Waals surface area contributed by atoms with Crippen LogP contribution in [0.2, 0.25) is 0 Å². The smallest absolute Gasteiger partial charge is 0.103 e. The molecule has 0 radical (unpaired) electrons. The predicted molar refractivity (Wildman–Crippen MR) is 72.3 cm³/mol. The average molecular weight is 260 g/mol. The second kappa shape index (κ2) is 8.06. The van der Waals surface area contributed by atoms with E-state index in [1.54, 1.807) is 7.11 Å². The number of aryl methyl sites for hydroxylation is 1. The fourth-order valence-electron chi connectivity index (χ4n) is 1.28. The van der Waals surface area contributed by atoms with Crippen molar-refractivity contribution in [2.45, 2.75) is 26.1 Å². The van der Waals surface area contributed by atoms with Gasteiger partial charge in [0.2, 0.25) is 0 Å². The molecule has 0 bridgehead atoms. The molecular weight excluding hydrogens is 240 g/mol. The molecule has 92 valence electrons. The van der Waals surface area contributed by atoms with Crippen LogP contribution in [-0.4, -0.2) is 31.0 Å². The maximum absolute atomic E-state index is 4.99. The van der Waals surface area contributed by atoms with Crippen molar-refractivity contribution >= 4 is 23.1 Å². The van der Waals surface area contributed by atoms with E-state index < -0.39 is 0 Å². The highest BCUT2D eigenvalue weighted by Crippen LogP contribution is 2.21. The van der Waals surface area contributed by atoms with Crippen LogP contribution in [0.4, 0.5) is 0 Å². The second-order valence-electron chi connectivity index (χ2n) is 3.42. The topological polar surface area (TPSA) is 34.2 Å². The van der Waals surface area contributed by atoms with Crippen molar-refractivity contribution < 1.29 is 4.74 Å². The van der Waals surface area contributed by atoms with E-state index in [-0.39, 0.29) is 0 Å². The highest BCUT2D eigenvalue weighted by molar-refractivity contribution is 7.98. The van der Waals surface area contributed by atoms with Crippen molar-refractivity contribution in [1.29, 1.82) is 0 Å². The first-order valence-corrected chi connectivity index (χ1v) is 7.47. The second-order valence-corrected chi connectivity index (χ2v) is 5.87. The summed E-state index contributed by atoms with van der Waals surface area (Å²) < 4.78 is 4.99. The van der Waals surface area contributed by atoms with Gasteiger partial charge in [0.1, 0.15) is 5.01 Å². The molecule has 3 nitrogen and oxygen atoms in total. The minimum atomic E-state index is 0.760. The summed E-state index contributed by atoms with van der Waals surface area (Å²) in [6.45, 7) is 6.83. The first-order valence-electron chi connectivity index (χ1n) is 5.50. The molecule has 0 saturated heterocycles. The summed E-state index contributed by atoms with van der Waals surface area (Å²) in [6, 6.07) is 0. The minimum Gasteiger partial charge on any atom is -0.383 e. The molecule has 0 aliphatic carbocycles. The molecule has 0 atom stereocenters. The van der Waals surface area contributed by atoms with E-state index >= 15 is 0 Å². The molecule has 1 heterocycles. The molecule has 0 unspecified atom stereocenters. The van der Waals surface area contributed by atoms with Crippen molar-refractivity contribution in [2.24, 2.45) is 0 Å². The third-order valence-corrected chi connectivity index (χ3v) is 4.36. The number of rotatable bonds is 8. The number of ether oxygens (including phenoxy) is 1. The van der Waals surface area contributed by atoms with Gasteiger partial charge in [-0.2, -0.15) is 11.8 Å². The zero-order valence-electron chi connectivity index (χ0n) is 10.2. The lowest BCUT2D eigenvalue weighted by molar-refractivity contribution is 0.199. The highest BCUT2D eigenvalue weighted by atomic mass is 32.2. The summed E-state index contributed by atoms with van der Waals surface area (Å²) in [7, 11) is 1.72. The fourth-order valence-corrected chi connectivity index (χ4v) is 3.04. The molecule has 0 spiro atoms. The monoisotopic (exact) mass is 260 g/mol. The number of methoxy groups -OCH3 is 1. The van der Waals surface area contributed by atoms with Crippen LogP contribution in [0.1, 0.15) is 22.5 Å². The van der Waals surface area contributed by atoms with Crippen LogP contribution in [0.15, 0.2) is 0 Å². The third kappa shape index (κ3) is 4.82. The molecule has 5 heteroatoms. The molecular formula is C11H20N2OS2. The van der Waals surface area contributed by atoms with E-state index in [2.05, 4.69) is 24.1 Å². The van der Waals surface area contributed by atoms with Gasteiger partial charge in [-0.3, -0.25) is 0 Å². The average Bonchev–Trinajstić information content (AvgIpc) is 2.63. The van der Waals surface area contributed by atoms with Gasteiger partial charge in [0.15, 0.2) is 0 Å². The Morgan fingerprint density at radius 2 is 2.31 bits per heavy atom. The maximum Gasteiger partial charge on any atom is 0.103 e. The van der Waals surface area contributed by atoms with Crippen molar-refractivity contribution in [3.8, 4) is 0 Å². The Bertz CT molecular complexity index is 302. The summed E-state index contributed by atoms with van der Waals surface area (Å²) in [5.41, 5.74) is 1.17. The van der Waals surface area contributed by atoms with Crippen LogP contribution in [0, 0.1) is 6.92 Å². The number of nitrogens with one attached hydrogen (secondary N) is 1. The van der Waals surface area contributed by atoms with Gasteiger partial charge < -0.3 is 10.1 Å². The Kier molecular flexibility index (Phi) is 7.03. The van der Waals surface area contributed by atoms with Gasteiger partial charge in [-0.1, -0.05) is 6.92 Å². The van der Waals surface area contributed by atoms with Crippen LogP contribution in [0.25, 0.3) is 0 Å². The van der Waals surface area contributed by atoms with Gasteiger partial charge in [0, 0.05) is 30.8 Å². The van der Waals surface area contributed by atoms with Crippen molar-refractivity contribution in [3.05, 3.63) is 15.6 Å². The lowest BCUT2D eigenvalue weighted by Crippen LogP contribution is -2.18. The minimum absolute atomic E-state index is 0.760. The number of hydrogen-bond acceptors (Lipinski definition) is 5. The predicted octanol–water partition coefficient (Wildman–Crippen LogP) is 2.44. The molecule has 1 rings (SSSR count). The van der Waals surface area contributed by atoms with Crippen LogP contribution in [0.5, 0.6) is 0 Å². The lowest BCUT2D eigenvalue weighted by Gasteiger charge is -2.01. The van der Waals surface area contributed by atoms with Crippen LogP contribution < -0.4 is 5.32 Å². The standard InChI is InChI=1S/C11H20N2OS2/c1-4-15-8-11-13-9(2)10(16-11)7-12-5-6-14-3/h12H,4-8H2,1-3H3. The Morgan fingerprint density at radius 3 is 3.00 bits per heavy atom. The maximum atomic E-state index is 4.99. The van der Waals surface area contributed by atoms with E-state index in [1.807, 2.05) is 23.1 Å². The summed E-state index contributed by atoms with van der Waals surface area (Å²) in [5, 5.41) is 4.59. The Balaban J connectivity index is 2.37. The first-order chi connectivity index (χ1) is 7.77. The molecule has 16 heavy (non-hydrogen) atoms. The van der Waals surface area contributed by atoms with E-state index in [9.17, 15) is 0 Å². The van der Waals surface area contributed by atoms with Crippen LogP contribution in [0.3, 0.4) is 0 Å². The van der Waals surface area contributed by atoms with E-state index in [0.29, 0.717) is 0 Å². The summed E-state index contributed by atoms with van der Waals surface area (Å²) >= 11 is 3.74. The van der Waals surface area contributed by atoms with Gasteiger partial charge >= 0.3 is 0 Å². The number of thioether (sulfide) groups is 1. The fraction of sp³-hybridized carbons (Fsp3) is 0.727. The van der Waals surface area contributed by atoms with Gasteiger partial charge in [0.25, 0.3) is 0 Å². The molecule has 0 saturated carbocycles. The molecule has 1 aromatic heterocycles. The largest absolute Gasteiger partial charge is 0.383 e. The quantitative estimate of drug-likeness (QED) is 0.728. The Labute approximate surface area is 106 Å². The van der Waals surface area contributed by atoms with Crippen LogP contribution >= 0.6 is 23.1 Å². The zero-order chi connectivity index (χ0) is 11.8. The summed E-state index contributed by atoms with van der Waals surface area (Å²) in [6.07, 6.45) is 0. The molecule has 0 aliphatic heterocycles. The van der Waals surface area contributed by atoms with Gasteiger partial charge in [-0.05, 0) is 12.7 Å². The lowest BCUT2D eigenvalue weighted by atomic mass is 10.4. The van der Waals surface area contributed by atoms with Gasteiger partial charge in [0.05, 0.1) is 12.3 Å².